The quantitative estimate of drug-likeness (QED) is 0.865. The first-order valence-electron chi connectivity index (χ1n) is 6.04. The predicted molar refractivity (Wildman–Crippen MR) is 66.1 cm³/mol. The Morgan fingerprint density at radius 1 is 1.59 bits per heavy atom. The molecule has 17 heavy (non-hydrogen) atoms. The molecule has 1 N–H and O–H groups in total. The summed E-state index contributed by atoms with van der Waals surface area (Å²) in [7, 11) is 3.64. The molecule has 0 saturated carbocycles. The molecule has 3 atom stereocenters. The van der Waals surface area contributed by atoms with E-state index in [1.807, 2.05) is 19.2 Å². The standard InChI is InChI=1S/C13H20N2O2/c1-9-7-10(8-17-9)12(14-2)13-11(16-3)5-4-6-15-13/h4-6,9-10,12,14H,7-8H2,1-3H3. The second-order valence-electron chi connectivity index (χ2n) is 4.50. The van der Waals surface area contributed by atoms with Crippen molar-refractivity contribution < 1.29 is 9.47 Å². The average Bonchev–Trinajstić information content (AvgIpc) is 2.77. The van der Waals surface area contributed by atoms with Crippen LogP contribution >= 0.6 is 0 Å². The lowest BCUT2D eigenvalue weighted by atomic mass is 9.93. The first-order valence-corrected chi connectivity index (χ1v) is 6.04. The Morgan fingerprint density at radius 3 is 3.00 bits per heavy atom. The summed E-state index contributed by atoms with van der Waals surface area (Å²) in [6.07, 6.45) is 3.21. The number of methoxy groups -OCH3 is 1. The summed E-state index contributed by atoms with van der Waals surface area (Å²) >= 11 is 0. The van der Waals surface area contributed by atoms with Crippen molar-refractivity contribution in [3.8, 4) is 5.75 Å². The predicted octanol–water partition coefficient (Wildman–Crippen LogP) is 1.78. The SMILES string of the molecule is CNC(c1ncccc1OC)C1COC(C)C1. The van der Waals surface area contributed by atoms with Crippen molar-refractivity contribution >= 4 is 0 Å². The number of hydrogen-bond acceptors (Lipinski definition) is 4. The smallest absolute Gasteiger partial charge is 0.141 e. The zero-order valence-electron chi connectivity index (χ0n) is 10.6. The molecule has 4 nitrogen and oxygen atoms in total. The Labute approximate surface area is 102 Å². The number of pyridine rings is 1. The van der Waals surface area contributed by atoms with Gasteiger partial charge in [-0.05, 0) is 32.5 Å². The molecule has 0 radical (unpaired) electrons. The zero-order valence-corrected chi connectivity index (χ0v) is 10.6. The summed E-state index contributed by atoms with van der Waals surface area (Å²) in [5, 5.41) is 3.33. The molecule has 1 aromatic heterocycles. The van der Waals surface area contributed by atoms with Crippen LogP contribution in [-0.2, 0) is 4.74 Å². The third-order valence-electron chi connectivity index (χ3n) is 3.33. The number of nitrogens with one attached hydrogen (secondary N) is 1. The lowest BCUT2D eigenvalue weighted by Crippen LogP contribution is -2.27. The molecule has 0 aromatic carbocycles. The maximum atomic E-state index is 5.63. The van der Waals surface area contributed by atoms with E-state index in [-0.39, 0.29) is 6.04 Å². The zero-order chi connectivity index (χ0) is 12.3. The minimum Gasteiger partial charge on any atom is -0.495 e. The maximum Gasteiger partial charge on any atom is 0.141 e. The molecule has 2 rings (SSSR count). The van der Waals surface area contributed by atoms with Crippen molar-refractivity contribution in [3.05, 3.63) is 24.0 Å². The maximum absolute atomic E-state index is 5.63. The van der Waals surface area contributed by atoms with E-state index >= 15 is 0 Å². The van der Waals surface area contributed by atoms with E-state index in [2.05, 4.69) is 17.2 Å². The molecule has 1 saturated heterocycles. The molecule has 3 unspecified atom stereocenters. The first kappa shape index (κ1) is 12.3. The van der Waals surface area contributed by atoms with E-state index in [9.17, 15) is 0 Å². The Kier molecular flexibility index (Phi) is 3.97. The number of ether oxygens (including phenoxy) is 2. The topological polar surface area (TPSA) is 43.4 Å². The highest BCUT2D eigenvalue weighted by Crippen LogP contribution is 2.34. The molecule has 4 heteroatoms. The van der Waals surface area contributed by atoms with Crippen LogP contribution in [0.25, 0.3) is 0 Å². The van der Waals surface area contributed by atoms with Crippen molar-refractivity contribution in [1.29, 1.82) is 0 Å². The fourth-order valence-electron chi connectivity index (χ4n) is 2.49. The first-order chi connectivity index (χ1) is 8.26. The van der Waals surface area contributed by atoms with Crippen molar-refractivity contribution in [2.24, 2.45) is 5.92 Å². The highest BCUT2D eigenvalue weighted by Gasteiger charge is 2.31. The van der Waals surface area contributed by atoms with Gasteiger partial charge in [0.15, 0.2) is 0 Å². The van der Waals surface area contributed by atoms with Crippen LogP contribution in [0.5, 0.6) is 5.75 Å². The van der Waals surface area contributed by atoms with Gasteiger partial charge in [-0.1, -0.05) is 0 Å². The fraction of sp³-hybridized carbons (Fsp3) is 0.615. The minimum absolute atomic E-state index is 0.191. The Morgan fingerprint density at radius 2 is 2.41 bits per heavy atom. The molecule has 0 bridgehead atoms. The van der Waals surface area contributed by atoms with Gasteiger partial charge < -0.3 is 14.8 Å². The van der Waals surface area contributed by atoms with Crippen LogP contribution in [0.3, 0.4) is 0 Å². The van der Waals surface area contributed by atoms with E-state index in [0.29, 0.717) is 12.0 Å². The highest BCUT2D eigenvalue weighted by atomic mass is 16.5. The summed E-state index contributed by atoms with van der Waals surface area (Å²) in [6, 6.07) is 4.03. The van der Waals surface area contributed by atoms with Crippen molar-refractivity contribution in [3.63, 3.8) is 0 Å². The van der Waals surface area contributed by atoms with Crippen LogP contribution in [0, 0.1) is 5.92 Å². The molecule has 1 aliphatic rings. The van der Waals surface area contributed by atoms with E-state index in [0.717, 1.165) is 24.5 Å². The summed E-state index contributed by atoms with van der Waals surface area (Å²) in [5.74, 6) is 1.30. The Balaban J connectivity index is 2.22. The van der Waals surface area contributed by atoms with Crippen LogP contribution in [0.4, 0.5) is 0 Å². The summed E-state index contributed by atoms with van der Waals surface area (Å²) < 4.78 is 11.0. The number of nitrogens with zero attached hydrogens (tertiary/aromatic N) is 1. The van der Waals surface area contributed by atoms with E-state index in [4.69, 9.17) is 9.47 Å². The van der Waals surface area contributed by atoms with Crippen LogP contribution in [0.1, 0.15) is 25.1 Å². The third-order valence-corrected chi connectivity index (χ3v) is 3.33. The number of hydrogen-bond donors (Lipinski definition) is 1. The highest BCUT2D eigenvalue weighted by molar-refractivity contribution is 5.30. The summed E-state index contributed by atoms with van der Waals surface area (Å²) in [5.41, 5.74) is 0.972. The molecule has 94 valence electrons. The number of rotatable bonds is 4. The molecule has 2 heterocycles. The van der Waals surface area contributed by atoms with Gasteiger partial charge in [-0.3, -0.25) is 4.98 Å². The van der Waals surface area contributed by atoms with Gasteiger partial charge in [-0.2, -0.15) is 0 Å². The molecule has 0 spiro atoms. The molecular formula is C13H20N2O2. The lowest BCUT2D eigenvalue weighted by Gasteiger charge is -2.22. The van der Waals surface area contributed by atoms with Crippen LogP contribution in [0.15, 0.2) is 18.3 Å². The Bertz CT molecular complexity index is 370. The molecule has 0 amide bonds. The van der Waals surface area contributed by atoms with E-state index < -0.39 is 0 Å². The van der Waals surface area contributed by atoms with Gasteiger partial charge in [-0.15, -0.1) is 0 Å². The fourth-order valence-corrected chi connectivity index (χ4v) is 2.49. The van der Waals surface area contributed by atoms with Crippen LogP contribution in [-0.4, -0.2) is 31.9 Å². The third kappa shape index (κ3) is 2.58. The monoisotopic (exact) mass is 236 g/mol. The Hall–Kier alpha value is -1.13. The van der Waals surface area contributed by atoms with Crippen LogP contribution < -0.4 is 10.1 Å². The molecule has 1 aromatic rings. The van der Waals surface area contributed by atoms with Crippen molar-refractivity contribution in [1.82, 2.24) is 10.3 Å². The average molecular weight is 236 g/mol. The van der Waals surface area contributed by atoms with E-state index in [1.54, 1.807) is 13.3 Å². The second kappa shape index (κ2) is 5.47. The molecule has 0 aliphatic carbocycles. The summed E-state index contributed by atoms with van der Waals surface area (Å²) in [6.45, 7) is 2.90. The van der Waals surface area contributed by atoms with E-state index in [1.165, 1.54) is 0 Å². The molecule has 1 fully saturated rings. The summed E-state index contributed by atoms with van der Waals surface area (Å²) in [4.78, 5) is 4.45. The van der Waals surface area contributed by atoms with Gasteiger partial charge in [0, 0.05) is 12.1 Å². The normalized spacial score (nSPS) is 25.8. The van der Waals surface area contributed by atoms with Crippen LogP contribution in [0.2, 0.25) is 0 Å². The number of aromatic nitrogens is 1. The van der Waals surface area contributed by atoms with Gasteiger partial charge in [0.25, 0.3) is 0 Å². The largest absolute Gasteiger partial charge is 0.495 e. The van der Waals surface area contributed by atoms with Gasteiger partial charge in [0.1, 0.15) is 5.75 Å². The molecule has 1 aliphatic heterocycles. The minimum atomic E-state index is 0.191. The van der Waals surface area contributed by atoms with Crippen molar-refractivity contribution in [2.75, 3.05) is 20.8 Å². The second-order valence-corrected chi connectivity index (χ2v) is 4.50. The van der Waals surface area contributed by atoms with Gasteiger partial charge in [-0.25, -0.2) is 0 Å². The van der Waals surface area contributed by atoms with Gasteiger partial charge in [0.05, 0.1) is 31.6 Å². The molecular weight excluding hydrogens is 216 g/mol. The van der Waals surface area contributed by atoms with Gasteiger partial charge >= 0.3 is 0 Å². The lowest BCUT2D eigenvalue weighted by molar-refractivity contribution is 0.117. The van der Waals surface area contributed by atoms with Crippen molar-refractivity contribution in [2.45, 2.75) is 25.5 Å². The van der Waals surface area contributed by atoms with Gasteiger partial charge in [0.2, 0.25) is 0 Å².